The molecule has 1 fully saturated rings. The molecule has 1 amide bonds. The van der Waals surface area contributed by atoms with Crippen molar-refractivity contribution >= 4 is 17.0 Å². The van der Waals surface area contributed by atoms with E-state index in [4.69, 9.17) is 10.3 Å². The van der Waals surface area contributed by atoms with Crippen LogP contribution in [0.1, 0.15) is 22.5 Å². The molecular formula is C13H15FN4O2S. The third-order valence-corrected chi connectivity index (χ3v) is 4.36. The molecule has 6 nitrogen and oxygen atoms in total. The highest BCUT2D eigenvalue weighted by atomic mass is 32.2. The molecule has 21 heavy (non-hydrogen) atoms. The monoisotopic (exact) mass is 310 g/mol. The number of amides is 1. The summed E-state index contributed by atoms with van der Waals surface area (Å²) in [5.74, 6) is 0. The van der Waals surface area contributed by atoms with Gasteiger partial charge in [-0.15, -0.1) is 0 Å². The van der Waals surface area contributed by atoms with E-state index in [1.165, 1.54) is 18.9 Å². The Morgan fingerprint density at radius 1 is 1.57 bits per heavy atom. The summed E-state index contributed by atoms with van der Waals surface area (Å²) < 4.78 is 18.2. The van der Waals surface area contributed by atoms with Crippen molar-refractivity contribution in [2.24, 2.45) is 5.11 Å². The van der Waals surface area contributed by atoms with Gasteiger partial charge in [-0.05, 0) is 16.7 Å². The zero-order valence-electron chi connectivity index (χ0n) is 11.4. The molecule has 2 rings (SSSR count). The van der Waals surface area contributed by atoms with Crippen molar-refractivity contribution in [1.29, 1.82) is 0 Å². The average Bonchev–Trinajstić information content (AvgIpc) is 2.94. The Hall–Kier alpha value is -1.76. The minimum Gasteiger partial charge on any atom is -0.376 e. The number of methoxy groups -OCH3 is 1. The summed E-state index contributed by atoms with van der Waals surface area (Å²) in [4.78, 5) is 13.8. The summed E-state index contributed by atoms with van der Waals surface area (Å²) in [5.41, 5.74) is 10.2. The van der Waals surface area contributed by atoms with E-state index < -0.39 is 18.8 Å². The van der Waals surface area contributed by atoms with Gasteiger partial charge in [0.25, 0.3) is 5.24 Å². The number of carbonyl (C=O) groups is 1. The molecule has 1 unspecified atom stereocenters. The number of nitrogens with one attached hydrogen (secondary N) is 1. The number of thioether (sulfide) groups is 1. The van der Waals surface area contributed by atoms with Crippen LogP contribution in [0.2, 0.25) is 0 Å². The number of rotatable bonds is 6. The van der Waals surface area contributed by atoms with Crippen molar-refractivity contribution in [2.75, 3.05) is 20.3 Å². The van der Waals surface area contributed by atoms with Crippen LogP contribution in [-0.4, -0.2) is 31.6 Å². The van der Waals surface area contributed by atoms with Gasteiger partial charge in [-0.25, -0.2) is 0 Å². The van der Waals surface area contributed by atoms with Gasteiger partial charge in [-0.2, -0.15) is 0 Å². The lowest BCUT2D eigenvalue weighted by molar-refractivity contribution is 0.0722. The van der Waals surface area contributed by atoms with Gasteiger partial charge in [-0.1, -0.05) is 41.1 Å². The largest absolute Gasteiger partial charge is 0.376 e. The van der Waals surface area contributed by atoms with Crippen LogP contribution in [0.4, 0.5) is 9.18 Å². The number of ether oxygens (including phenoxy) is 1. The first-order chi connectivity index (χ1) is 10.2. The summed E-state index contributed by atoms with van der Waals surface area (Å²) >= 11 is 1.25. The van der Waals surface area contributed by atoms with E-state index in [1.807, 2.05) is 24.3 Å². The SMILES string of the molecule is CO[C@H](c1ccc(C2CNC(=O)S2)cc1)[C@@H](CF)N=[N+]=[N-]. The number of azide groups is 1. The van der Waals surface area contributed by atoms with E-state index in [0.29, 0.717) is 6.54 Å². The summed E-state index contributed by atoms with van der Waals surface area (Å²) in [6.45, 7) is -0.191. The van der Waals surface area contributed by atoms with Gasteiger partial charge in [0.1, 0.15) is 6.67 Å². The molecule has 8 heteroatoms. The molecule has 1 aromatic rings. The van der Waals surface area contributed by atoms with E-state index in [9.17, 15) is 9.18 Å². The molecule has 1 aliphatic rings. The maximum absolute atomic E-state index is 12.9. The zero-order valence-corrected chi connectivity index (χ0v) is 12.2. The van der Waals surface area contributed by atoms with Crippen LogP contribution in [0.3, 0.4) is 0 Å². The van der Waals surface area contributed by atoms with Crippen LogP contribution in [0, 0.1) is 0 Å². The van der Waals surface area contributed by atoms with Crippen LogP contribution >= 0.6 is 11.8 Å². The molecular weight excluding hydrogens is 295 g/mol. The van der Waals surface area contributed by atoms with E-state index in [2.05, 4.69) is 15.3 Å². The predicted molar refractivity (Wildman–Crippen MR) is 78.8 cm³/mol. The van der Waals surface area contributed by atoms with Gasteiger partial charge >= 0.3 is 0 Å². The lowest BCUT2D eigenvalue weighted by atomic mass is 10.0. The van der Waals surface area contributed by atoms with Crippen LogP contribution in [0.15, 0.2) is 29.4 Å². The number of hydrogen-bond acceptors (Lipinski definition) is 4. The summed E-state index contributed by atoms with van der Waals surface area (Å²) in [6.07, 6.45) is -0.629. The topological polar surface area (TPSA) is 87.1 Å². The Balaban J connectivity index is 2.16. The molecule has 1 N–H and O–H groups in total. The van der Waals surface area contributed by atoms with E-state index in [0.717, 1.165) is 11.1 Å². The fourth-order valence-electron chi connectivity index (χ4n) is 2.23. The number of carbonyl (C=O) groups excluding carboxylic acids is 1. The minimum absolute atomic E-state index is 0.0281. The number of hydrogen-bond donors (Lipinski definition) is 1. The van der Waals surface area contributed by atoms with Gasteiger partial charge in [0, 0.05) is 18.6 Å². The second kappa shape index (κ2) is 7.31. The van der Waals surface area contributed by atoms with Crippen LogP contribution in [0.25, 0.3) is 10.4 Å². The molecule has 0 radical (unpaired) electrons. The average molecular weight is 310 g/mol. The molecule has 112 valence electrons. The molecule has 3 atom stereocenters. The molecule has 0 aliphatic carbocycles. The van der Waals surface area contributed by atoms with Crippen molar-refractivity contribution in [2.45, 2.75) is 17.4 Å². The quantitative estimate of drug-likeness (QED) is 0.495. The Bertz CT molecular complexity index is 548. The first-order valence-electron chi connectivity index (χ1n) is 6.37. The van der Waals surface area contributed by atoms with E-state index in [1.54, 1.807) is 0 Å². The molecule has 1 saturated heterocycles. The number of nitrogens with zero attached hydrogens (tertiary/aromatic N) is 3. The zero-order chi connectivity index (χ0) is 15.2. The highest BCUT2D eigenvalue weighted by Gasteiger charge is 2.25. The van der Waals surface area contributed by atoms with Gasteiger partial charge < -0.3 is 10.1 Å². The first-order valence-corrected chi connectivity index (χ1v) is 7.25. The number of alkyl halides is 1. The smallest absolute Gasteiger partial charge is 0.279 e. The standard InChI is InChI=1S/C13H15FN4O2S/c1-20-12(10(6-14)17-18-15)9-4-2-8(3-5-9)11-7-16-13(19)21-11/h2-5,10-12H,6-7H2,1H3,(H,16,19)/t10-,11?,12-/m1/s1. The van der Waals surface area contributed by atoms with Crippen LogP contribution in [-0.2, 0) is 4.74 Å². The molecule has 1 heterocycles. The van der Waals surface area contributed by atoms with Crippen LogP contribution < -0.4 is 5.32 Å². The Morgan fingerprint density at radius 2 is 2.29 bits per heavy atom. The molecule has 1 aromatic carbocycles. The Labute approximate surface area is 125 Å². The highest BCUT2D eigenvalue weighted by molar-refractivity contribution is 8.14. The van der Waals surface area contributed by atoms with Crippen molar-refractivity contribution < 1.29 is 13.9 Å². The first kappa shape index (κ1) is 15.6. The maximum atomic E-state index is 12.9. The van der Waals surface area contributed by atoms with Crippen molar-refractivity contribution in [3.05, 3.63) is 45.8 Å². The van der Waals surface area contributed by atoms with Crippen LogP contribution in [0.5, 0.6) is 0 Å². The van der Waals surface area contributed by atoms with Gasteiger partial charge in [0.2, 0.25) is 0 Å². The third-order valence-electron chi connectivity index (χ3n) is 3.28. The Morgan fingerprint density at radius 3 is 2.76 bits per heavy atom. The van der Waals surface area contributed by atoms with E-state index >= 15 is 0 Å². The van der Waals surface area contributed by atoms with Crippen molar-refractivity contribution in [3.8, 4) is 0 Å². The summed E-state index contributed by atoms with van der Waals surface area (Å²) in [7, 11) is 1.45. The highest BCUT2D eigenvalue weighted by Crippen LogP contribution is 2.34. The second-order valence-corrected chi connectivity index (χ2v) is 5.70. The maximum Gasteiger partial charge on any atom is 0.279 e. The minimum atomic E-state index is -0.894. The van der Waals surface area contributed by atoms with Gasteiger partial charge in [0.05, 0.1) is 17.4 Å². The fourth-order valence-corrected chi connectivity index (χ4v) is 3.11. The second-order valence-electron chi connectivity index (χ2n) is 4.52. The van der Waals surface area contributed by atoms with Gasteiger partial charge in [0.15, 0.2) is 0 Å². The van der Waals surface area contributed by atoms with Crippen molar-refractivity contribution in [3.63, 3.8) is 0 Å². The molecule has 0 saturated carbocycles. The predicted octanol–water partition coefficient (Wildman–Crippen LogP) is 3.52. The van der Waals surface area contributed by atoms with Crippen molar-refractivity contribution in [1.82, 2.24) is 5.32 Å². The number of benzene rings is 1. The molecule has 1 aliphatic heterocycles. The third kappa shape index (κ3) is 3.66. The fraction of sp³-hybridized carbons (Fsp3) is 0.462. The lowest BCUT2D eigenvalue weighted by Crippen LogP contribution is -2.20. The lowest BCUT2D eigenvalue weighted by Gasteiger charge is -2.20. The van der Waals surface area contributed by atoms with Gasteiger partial charge in [-0.3, -0.25) is 9.18 Å². The summed E-state index contributed by atoms with van der Waals surface area (Å²) in [6, 6.07) is 6.48. The molecule has 0 aromatic heterocycles. The molecule has 0 spiro atoms. The van der Waals surface area contributed by atoms with E-state index in [-0.39, 0.29) is 10.5 Å². The summed E-state index contributed by atoms with van der Waals surface area (Å²) in [5, 5.41) is 6.23. The Kier molecular flexibility index (Phi) is 5.44. The normalized spacial score (nSPS) is 20.5. The molecule has 0 bridgehead atoms. The number of halogens is 1.